The molecule has 0 bridgehead atoms. The Balaban J connectivity index is 0.000000480. The van der Waals surface area contributed by atoms with E-state index in [0.717, 1.165) is 23.0 Å². The van der Waals surface area contributed by atoms with E-state index in [2.05, 4.69) is 70.8 Å². The van der Waals surface area contributed by atoms with Gasteiger partial charge in [0.25, 0.3) is 0 Å². The zero-order valence-electron chi connectivity index (χ0n) is 19.1. The first kappa shape index (κ1) is 24.5. The largest absolute Gasteiger partial charge is 0.0985 e. The van der Waals surface area contributed by atoms with Gasteiger partial charge in [-0.15, -0.1) is 0 Å². The van der Waals surface area contributed by atoms with Crippen LogP contribution in [-0.2, 0) is 0 Å². The summed E-state index contributed by atoms with van der Waals surface area (Å²) in [4.78, 5) is 0. The molecule has 1 aromatic carbocycles. The Morgan fingerprint density at radius 3 is 2.04 bits per heavy atom. The van der Waals surface area contributed by atoms with E-state index in [1.54, 1.807) is 11.6 Å². The van der Waals surface area contributed by atoms with Crippen LogP contribution in [0.3, 0.4) is 0 Å². The van der Waals surface area contributed by atoms with E-state index in [1.807, 2.05) is 6.92 Å². The molecule has 1 aliphatic carbocycles. The molecule has 28 heavy (non-hydrogen) atoms. The average Bonchev–Trinajstić information content (AvgIpc) is 2.69. The predicted octanol–water partition coefficient (Wildman–Crippen LogP) is 9.26. The second kappa shape index (κ2) is 12.8. The molecule has 0 heterocycles. The highest BCUT2D eigenvalue weighted by atomic mass is 14.4. The third-order valence-electron chi connectivity index (χ3n) is 6.34. The van der Waals surface area contributed by atoms with Crippen LogP contribution < -0.4 is 0 Å². The highest BCUT2D eigenvalue weighted by Crippen LogP contribution is 2.52. The summed E-state index contributed by atoms with van der Waals surface area (Å²) in [5, 5.41) is 0. The molecule has 0 N–H and O–H groups in total. The van der Waals surface area contributed by atoms with Gasteiger partial charge in [0.1, 0.15) is 0 Å². The van der Waals surface area contributed by atoms with Gasteiger partial charge in [0, 0.05) is 0 Å². The van der Waals surface area contributed by atoms with E-state index < -0.39 is 0 Å². The Labute approximate surface area is 175 Å². The molecule has 0 radical (unpaired) electrons. The molecule has 1 fully saturated rings. The predicted molar refractivity (Wildman–Crippen MR) is 128 cm³/mol. The summed E-state index contributed by atoms with van der Waals surface area (Å²) in [6, 6.07) is 11.3. The molecule has 0 aliphatic heterocycles. The van der Waals surface area contributed by atoms with Crippen molar-refractivity contribution < 1.29 is 0 Å². The van der Waals surface area contributed by atoms with Gasteiger partial charge in [0.2, 0.25) is 0 Å². The minimum atomic E-state index is 0.627. The number of benzene rings is 1. The Hall–Kier alpha value is -1.56. The fraction of sp³-hybridized carbons (Fsp3) is 0.571. The van der Waals surface area contributed by atoms with E-state index in [1.165, 1.54) is 57.8 Å². The third kappa shape index (κ3) is 7.82. The second-order valence-corrected chi connectivity index (χ2v) is 8.92. The van der Waals surface area contributed by atoms with Crippen LogP contribution in [0.5, 0.6) is 0 Å². The minimum absolute atomic E-state index is 0.627. The number of hydrogen-bond donors (Lipinski definition) is 0. The van der Waals surface area contributed by atoms with Gasteiger partial charge in [0.15, 0.2) is 0 Å². The van der Waals surface area contributed by atoms with Crippen molar-refractivity contribution in [3.8, 4) is 0 Å². The fourth-order valence-corrected chi connectivity index (χ4v) is 5.16. The summed E-state index contributed by atoms with van der Waals surface area (Å²) >= 11 is 0. The molecule has 156 valence electrons. The molecule has 2 unspecified atom stereocenters. The molecule has 2 atom stereocenters. The van der Waals surface area contributed by atoms with Crippen LogP contribution in [0.2, 0.25) is 0 Å². The molecular formula is C28H44. The molecule has 2 rings (SSSR count). The van der Waals surface area contributed by atoms with Crippen LogP contribution >= 0.6 is 0 Å². The standard InChI is InChI=1S/C21H34.C7H10/c1-4-10-18-15-20(19-11-8-7-9-12-19)17-21(16-18,13-5-2)14-6-3;1-5-7(4)6(2)3/h7-9,11-12,18,20H,4-6,10,13-17H2,1-3H3;5H,1-2,4H2,3H3. The lowest BCUT2D eigenvalue weighted by molar-refractivity contribution is 0.0904. The molecule has 1 aromatic rings. The van der Waals surface area contributed by atoms with Crippen molar-refractivity contribution in [2.45, 2.75) is 91.4 Å². The van der Waals surface area contributed by atoms with Gasteiger partial charge in [-0.2, -0.15) is 0 Å². The zero-order valence-corrected chi connectivity index (χ0v) is 19.1. The quantitative estimate of drug-likeness (QED) is 0.374. The van der Waals surface area contributed by atoms with Crippen molar-refractivity contribution in [1.82, 2.24) is 0 Å². The summed E-state index contributed by atoms with van der Waals surface area (Å²) in [6.07, 6.45) is 14.4. The summed E-state index contributed by atoms with van der Waals surface area (Å²) in [6.45, 7) is 19.8. The lowest BCUT2D eigenvalue weighted by Gasteiger charge is -2.45. The molecule has 1 saturated carbocycles. The molecule has 0 saturated heterocycles. The summed E-state index contributed by atoms with van der Waals surface area (Å²) < 4.78 is 0. The molecule has 0 amide bonds. The van der Waals surface area contributed by atoms with Crippen molar-refractivity contribution in [3.05, 3.63) is 72.9 Å². The molecule has 0 aromatic heterocycles. The summed E-state index contributed by atoms with van der Waals surface area (Å²) in [7, 11) is 0. The second-order valence-electron chi connectivity index (χ2n) is 8.92. The van der Waals surface area contributed by atoms with Crippen molar-refractivity contribution >= 4 is 0 Å². The highest BCUT2D eigenvalue weighted by Gasteiger charge is 2.39. The summed E-state index contributed by atoms with van der Waals surface area (Å²) in [5.74, 6) is 1.75. The number of allylic oxidation sites excluding steroid dienone is 3. The van der Waals surface area contributed by atoms with E-state index in [4.69, 9.17) is 0 Å². The van der Waals surface area contributed by atoms with E-state index >= 15 is 0 Å². The average molecular weight is 381 g/mol. The maximum Gasteiger partial charge on any atom is -0.0154 e. The first-order valence-corrected chi connectivity index (χ1v) is 11.4. The fourth-order valence-electron chi connectivity index (χ4n) is 5.16. The van der Waals surface area contributed by atoms with Crippen LogP contribution in [-0.4, -0.2) is 0 Å². The lowest BCUT2D eigenvalue weighted by atomic mass is 9.60. The first-order valence-electron chi connectivity index (χ1n) is 11.4. The van der Waals surface area contributed by atoms with Crippen molar-refractivity contribution in [3.63, 3.8) is 0 Å². The molecule has 1 aliphatic rings. The van der Waals surface area contributed by atoms with E-state index in [-0.39, 0.29) is 0 Å². The van der Waals surface area contributed by atoms with Gasteiger partial charge < -0.3 is 0 Å². The maximum atomic E-state index is 3.66. The van der Waals surface area contributed by atoms with Crippen LogP contribution in [0.4, 0.5) is 0 Å². The SMILES string of the molecule is C=CC(=C)C(=C)C.CCCC1CC(c2ccccc2)CC(CCC)(CCC)C1. The Morgan fingerprint density at radius 2 is 1.61 bits per heavy atom. The molecular weight excluding hydrogens is 336 g/mol. The Morgan fingerprint density at radius 1 is 1.00 bits per heavy atom. The maximum absolute atomic E-state index is 3.66. The van der Waals surface area contributed by atoms with Crippen molar-refractivity contribution in [2.75, 3.05) is 0 Å². The zero-order chi connectivity index (χ0) is 21.0. The number of hydrogen-bond acceptors (Lipinski definition) is 0. The lowest BCUT2D eigenvalue weighted by Crippen LogP contribution is -2.32. The monoisotopic (exact) mass is 380 g/mol. The van der Waals surface area contributed by atoms with Crippen LogP contribution in [0.1, 0.15) is 97.0 Å². The highest BCUT2D eigenvalue weighted by molar-refractivity contribution is 5.31. The van der Waals surface area contributed by atoms with Crippen molar-refractivity contribution in [1.29, 1.82) is 0 Å². The van der Waals surface area contributed by atoms with Gasteiger partial charge in [-0.05, 0) is 67.4 Å². The van der Waals surface area contributed by atoms with Crippen LogP contribution in [0.15, 0.2) is 67.3 Å². The third-order valence-corrected chi connectivity index (χ3v) is 6.34. The molecule has 0 heteroatoms. The molecule has 0 spiro atoms. The van der Waals surface area contributed by atoms with Gasteiger partial charge in [-0.25, -0.2) is 0 Å². The van der Waals surface area contributed by atoms with Gasteiger partial charge in [-0.3, -0.25) is 0 Å². The van der Waals surface area contributed by atoms with Crippen molar-refractivity contribution in [2.24, 2.45) is 11.3 Å². The van der Waals surface area contributed by atoms with Gasteiger partial charge >= 0.3 is 0 Å². The van der Waals surface area contributed by atoms with Crippen LogP contribution in [0.25, 0.3) is 0 Å². The smallest absolute Gasteiger partial charge is 0.0154 e. The Bertz CT molecular complexity index is 586. The van der Waals surface area contributed by atoms with E-state index in [9.17, 15) is 0 Å². The summed E-state index contributed by atoms with van der Waals surface area (Å²) in [5.41, 5.74) is 4.12. The first-order chi connectivity index (χ1) is 13.4. The normalized spacial score (nSPS) is 20.6. The number of rotatable bonds is 9. The van der Waals surface area contributed by atoms with Gasteiger partial charge in [0.05, 0.1) is 0 Å². The van der Waals surface area contributed by atoms with E-state index in [0.29, 0.717) is 5.41 Å². The molecule has 0 nitrogen and oxygen atoms in total. The Kier molecular flexibility index (Phi) is 11.2. The van der Waals surface area contributed by atoms with Gasteiger partial charge in [-0.1, -0.05) is 108 Å². The topological polar surface area (TPSA) is 0 Å². The van der Waals surface area contributed by atoms with Crippen LogP contribution in [0, 0.1) is 11.3 Å². The minimum Gasteiger partial charge on any atom is -0.0985 e.